The van der Waals surface area contributed by atoms with Crippen molar-refractivity contribution in [2.75, 3.05) is 26.2 Å². The molecule has 0 radical (unpaired) electrons. The number of benzene rings is 2. The summed E-state index contributed by atoms with van der Waals surface area (Å²) in [7, 11) is -3.91. The maximum absolute atomic E-state index is 13.4. The van der Waals surface area contributed by atoms with Crippen LogP contribution in [0.15, 0.2) is 65.6 Å². The first-order chi connectivity index (χ1) is 16.1. The molecule has 1 heterocycles. The molecule has 7 nitrogen and oxygen atoms in total. The third kappa shape index (κ3) is 6.04. The number of aryl methyl sites for hydroxylation is 1. The van der Waals surface area contributed by atoms with Gasteiger partial charge in [-0.2, -0.15) is 4.31 Å². The zero-order valence-corrected chi connectivity index (χ0v) is 21.1. The Labute approximate surface area is 203 Å². The van der Waals surface area contributed by atoms with E-state index in [4.69, 9.17) is 0 Å². The number of hydrogen-bond donors (Lipinski definition) is 1. The Balaban J connectivity index is 1.82. The van der Waals surface area contributed by atoms with Crippen molar-refractivity contribution < 1.29 is 18.0 Å². The van der Waals surface area contributed by atoms with Gasteiger partial charge in [0, 0.05) is 19.6 Å². The summed E-state index contributed by atoms with van der Waals surface area (Å²) in [6, 6.07) is 18.0. The molecular formula is C26H35N3O4S. The van der Waals surface area contributed by atoms with E-state index in [1.165, 1.54) is 12.1 Å². The van der Waals surface area contributed by atoms with Crippen molar-refractivity contribution in [2.45, 2.75) is 50.5 Å². The van der Waals surface area contributed by atoms with Gasteiger partial charge in [0.25, 0.3) is 0 Å². The number of sulfonamides is 1. The van der Waals surface area contributed by atoms with Gasteiger partial charge in [-0.1, -0.05) is 62.4 Å². The van der Waals surface area contributed by atoms with Gasteiger partial charge in [0.1, 0.15) is 5.54 Å². The Bertz CT molecular complexity index is 1070. The van der Waals surface area contributed by atoms with Crippen molar-refractivity contribution in [3.05, 3.63) is 66.2 Å². The molecule has 1 aliphatic rings. The van der Waals surface area contributed by atoms with E-state index in [1.54, 1.807) is 30.0 Å². The molecule has 1 fully saturated rings. The van der Waals surface area contributed by atoms with Crippen molar-refractivity contribution in [2.24, 2.45) is 5.92 Å². The number of piperazine rings is 1. The van der Waals surface area contributed by atoms with Crippen LogP contribution in [0.25, 0.3) is 0 Å². The molecule has 3 rings (SSSR count). The zero-order chi connectivity index (χ0) is 24.8. The van der Waals surface area contributed by atoms with Crippen LogP contribution in [0, 0.1) is 5.92 Å². The quantitative estimate of drug-likeness (QED) is 0.560. The van der Waals surface area contributed by atoms with E-state index in [9.17, 15) is 18.0 Å². The second-order valence-electron chi connectivity index (χ2n) is 9.43. The minimum absolute atomic E-state index is 0.0885. The topological polar surface area (TPSA) is 86.8 Å². The van der Waals surface area contributed by atoms with Gasteiger partial charge in [-0.05, 0) is 49.8 Å². The molecule has 184 valence electrons. The molecule has 0 saturated carbocycles. The highest BCUT2D eigenvalue weighted by Crippen LogP contribution is 2.28. The number of carbonyl (C=O) groups is 2. The lowest BCUT2D eigenvalue weighted by Crippen LogP contribution is -2.69. The molecule has 1 aliphatic heterocycles. The third-order valence-electron chi connectivity index (χ3n) is 6.26. The van der Waals surface area contributed by atoms with E-state index in [2.05, 4.69) is 19.2 Å². The van der Waals surface area contributed by atoms with E-state index in [0.29, 0.717) is 25.4 Å². The summed E-state index contributed by atoms with van der Waals surface area (Å²) in [6.07, 6.45) is 2.24. The Morgan fingerprint density at radius 1 is 1.06 bits per heavy atom. The monoisotopic (exact) mass is 485 g/mol. The Kier molecular flexibility index (Phi) is 8.49. The van der Waals surface area contributed by atoms with E-state index >= 15 is 0 Å². The van der Waals surface area contributed by atoms with Crippen LogP contribution in [0.4, 0.5) is 0 Å². The molecule has 0 spiro atoms. The van der Waals surface area contributed by atoms with Gasteiger partial charge in [0.05, 0.1) is 11.4 Å². The van der Waals surface area contributed by atoms with E-state index in [0.717, 1.165) is 22.7 Å². The number of hydrogen-bond acceptors (Lipinski definition) is 4. The fraction of sp³-hybridized carbons (Fsp3) is 0.462. The Hall–Kier alpha value is -2.71. The second kappa shape index (κ2) is 11.1. The van der Waals surface area contributed by atoms with E-state index in [1.807, 2.05) is 30.3 Å². The molecule has 0 unspecified atom stereocenters. The highest BCUT2D eigenvalue weighted by atomic mass is 32.2. The van der Waals surface area contributed by atoms with Crippen molar-refractivity contribution in [1.29, 1.82) is 0 Å². The van der Waals surface area contributed by atoms with Gasteiger partial charge < -0.3 is 10.2 Å². The lowest BCUT2D eigenvalue weighted by atomic mass is 9.94. The number of rotatable bonds is 10. The van der Waals surface area contributed by atoms with Crippen LogP contribution in [-0.4, -0.2) is 61.2 Å². The summed E-state index contributed by atoms with van der Waals surface area (Å²) in [5.41, 5.74) is -0.145. The Morgan fingerprint density at radius 2 is 1.68 bits per heavy atom. The van der Waals surface area contributed by atoms with Crippen molar-refractivity contribution in [3.63, 3.8) is 0 Å². The highest BCUT2D eigenvalue weighted by molar-refractivity contribution is 7.89. The number of carbonyl (C=O) groups excluding carboxylic acids is 2. The standard InChI is InChI=1S/C26H35N3O4S/c1-21(2)16-17-27-25(31)26(3)20-28(34(32,33)23-14-8-5-9-15-23)19-24(30)29(26)18-10-13-22-11-6-4-7-12-22/h4-9,11-12,14-15,21H,10,13,16-20H2,1-3H3,(H,27,31)/t26-/m0/s1. The maximum Gasteiger partial charge on any atom is 0.247 e. The first-order valence-corrected chi connectivity index (χ1v) is 13.3. The van der Waals surface area contributed by atoms with Crippen LogP contribution in [0.2, 0.25) is 0 Å². The van der Waals surface area contributed by atoms with Crippen LogP contribution in [0.5, 0.6) is 0 Å². The maximum atomic E-state index is 13.4. The third-order valence-corrected chi connectivity index (χ3v) is 8.07. The summed E-state index contributed by atoms with van der Waals surface area (Å²) >= 11 is 0. The minimum atomic E-state index is -3.91. The fourth-order valence-corrected chi connectivity index (χ4v) is 5.73. The molecule has 1 atom stereocenters. The van der Waals surface area contributed by atoms with Gasteiger partial charge in [0.15, 0.2) is 0 Å². The first kappa shape index (κ1) is 25.9. The van der Waals surface area contributed by atoms with Crippen molar-refractivity contribution in [1.82, 2.24) is 14.5 Å². The Morgan fingerprint density at radius 3 is 2.29 bits per heavy atom. The molecule has 0 aromatic heterocycles. The molecule has 0 aliphatic carbocycles. The molecule has 1 N–H and O–H groups in total. The normalized spacial score (nSPS) is 19.4. The average Bonchev–Trinajstić information content (AvgIpc) is 2.81. The largest absolute Gasteiger partial charge is 0.354 e. The van der Waals surface area contributed by atoms with Crippen molar-refractivity contribution in [3.8, 4) is 0 Å². The van der Waals surface area contributed by atoms with Crippen LogP contribution in [0.1, 0.15) is 39.2 Å². The smallest absolute Gasteiger partial charge is 0.247 e. The van der Waals surface area contributed by atoms with Gasteiger partial charge in [-0.25, -0.2) is 8.42 Å². The number of nitrogens with one attached hydrogen (secondary N) is 1. The molecule has 8 heteroatoms. The molecular weight excluding hydrogens is 450 g/mol. The minimum Gasteiger partial charge on any atom is -0.354 e. The zero-order valence-electron chi connectivity index (χ0n) is 20.2. The van der Waals surface area contributed by atoms with E-state index < -0.39 is 15.6 Å². The predicted octanol–water partition coefficient (Wildman–Crippen LogP) is 3.07. The van der Waals surface area contributed by atoms with Crippen LogP contribution < -0.4 is 5.32 Å². The first-order valence-electron chi connectivity index (χ1n) is 11.8. The lowest BCUT2D eigenvalue weighted by Gasteiger charge is -2.47. The van der Waals surface area contributed by atoms with Crippen LogP contribution >= 0.6 is 0 Å². The van der Waals surface area contributed by atoms with Gasteiger partial charge in [-0.3, -0.25) is 9.59 Å². The van der Waals surface area contributed by atoms with Crippen LogP contribution in [-0.2, 0) is 26.0 Å². The summed E-state index contributed by atoms with van der Waals surface area (Å²) < 4.78 is 27.7. The summed E-state index contributed by atoms with van der Waals surface area (Å²) in [6.45, 7) is 6.30. The predicted molar refractivity (Wildman–Crippen MR) is 133 cm³/mol. The van der Waals surface area contributed by atoms with Crippen molar-refractivity contribution >= 4 is 21.8 Å². The molecule has 1 saturated heterocycles. The average molecular weight is 486 g/mol. The molecule has 2 aromatic rings. The molecule has 2 amide bonds. The van der Waals surface area contributed by atoms with E-state index in [-0.39, 0.29) is 29.8 Å². The van der Waals surface area contributed by atoms with Gasteiger partial charge in [-0.15, -0.1) is 0 Å². The van der Waals surface area contributed by atoms with Crippen LogP contribution in [0.3, 0.4) is 0 Å². The molecule has 34 heavy (non-hydrogen) atoms. The fourth-order valence-electron chi connectivity index (χ4n) is 4.22. The second-order valence-corrected chi connectivity index (χ2v) is 11.4. The molecule has 0 bridgehead atoms. The number of nitrogens with zero attached hydrogens (tertiary/aromatic N) is 2. The highest BCUT2D eigenvalue weighted by Gasteiger charge is 2.50. The lowest BCUT2D eigenvalue weighted by molar-refractivity contribution is -0.152. The van der Waals surface area contributed by atoms with Gasteiger partial charge in [0.2, 0.25) is 21.8 Å². The summed E-state index contributed by atoms with van der Waals surface area (Å²) in [5, 5.41) is 2.94. The SMILES string of the molecule is CC(C)CCNC(=O)[C@]1(C)CN(S(=O)(=O)c2ccccc2)CC(=O)N1CCCc1ccccc1. The summed E-state index contributed by atoms with van der Waals surface area (Å²) in [5.74, 6) is -0.271. The number of amides is 2. The summed E-state index contributed by atoms with van der Waals surface area (Å²) in [4.78, 5) is 28.3. The van der Waals surface area contributed by atoms with Gasteiger partial charge >= 0.3 is 0 Å². The molecule has 2 aromatic carbocycles.